The van der Waals surface area contributed by atoms with E-state index in [1.807, 2.05) is 0 Å². The third-order valence-electron chi connectivity index (χ3n) is 3.52. The van der Waals surface area contributed by atoms with Gasteiger partial charge in [0.05, 0.1) is 0 Å². The van der Waals surface area contributed by atoms with E-state index in [9.17, 15) is 4.79 Å². The van der Waals surface area contributed by atoms with Gasteiger partial charge in [0.15, 0.2) is 0 Å². The summed E-state index contributed by atoms with van der Waals surface area (Å²) in [5.41, 5.74) is 0.231. The lowest BCUT2D eigenvalue weighted by atomic mass is 10.0. The number of benzene rings is 1. The van der Waals surface area contributed by atoms with Crippen LogP contribution in [0.3, 0.4) is 0 Å². The first-order valence-corrected chi connectivity index (χ1v) is 6.84. The number of para-hydroxylation sites is 1. The molecule has 4 heteroatoms. The van der Waals surface area contributed by atoms with Crippen LogP contribution in [0.1, 0.15) is 30.1 Å². The highest BCUT2D eigenvalue weighted by Crippen LogP contribution is 2.18. The van der Waals surface area contributed by atoms with Crippen LogP contribution in [0.2, 0.25) is 0 Å². The number of carboxylic acids is 1. The van der Waals surface area contributed by atoms with Crippen LogP contribution in [-0.2, 0) is 0 Å². The van der Waals surface area contributed by atoms with Crippen molar-refractivity contribution in [1.82, 2.24) is 4.90 Å². The van der Waals surface area contributed by atoms with Crippen molar-refractivity contribution in [3.8, 4) is 5.75 Å². The molecule has 2 rings (SSSR count). The first-order valence-electron chi connectivity index (χ1n) is 6.84. The molecule has 1 aliphatic rings. The Bertz CT molecular complexity index is 433. The number of ether oxygens (including phenoxy) is 1. The molecule has 1 heterocycles. The SMILES string of the molecule is CC1CCCN(CCOc2ccccc2C(=O)O)C1. The number of carboxylic acid groups (broad SMARTS) is 1. The number of piperidine rings is 1. The fraction of sp³-hybridized carbons (Fsp3) is 0.533. The molecular formula is C15H21NO3. The number of rotatable bonds is 5. The van der Waals surface area contributed by atoms with Crippen molar-refractivity contribution in [2.24, 2.45) is 5.92 Å². The van der Waals surface area contributed by atoms with Crippen molar-refractivity contribution in [3.63, 3.8) is 0 Å². The molecule has 1 aromatic carbocycles. The molecular weight excluding hydrogens is 242 g/mol. The lowest BCUT2D eigenvalue weighted by molar-refractivity contribution is 0.0691. The van der Waals surface area contributed by atoms with Crippen molar-refractivity contribution >= 4 is 5.97 Å². The van der Waals surface area contributed by atoms with E-state index < -0.39 is 5.97 Å². The standard InChI is InChI=1S/C15H21NO3/c1-12-5-4-8-16(11-12)9-10-19-14-7-3-2-6-13(14)15(17)18/h2-3,6-7,12H,4-5,8-11H2,1H3,(H,17,18). The Morgan fingerprint density at radius 1 is 1.47 bits per heavy atom. The maximum absolute atomic E-state index is 11.0. The highest BCUT2D eigenvalue weighted by Gasteiger charge is 2.16. The number of nitrogens with zero attached hydrogens (tertiary/aromatic N) is 1. The second kappa shape index (κ2) is 6.57. The zero-order valence-corrected chi connectivity index (χ0v) is 11.3. The minimum atomic E-state index is -0.942. The average molecular weight is 263 g/mol. The summed E-state index contributed by atoms with van der Waals surface area (Å²) in [6.07, 6.45) is 2.55. The van der Waals surface area contributed by atoms with Gasteiger partial charge in [-0.1, -0.05) is 19.1 Å². The van der Waals surface area contributed by atoms with Gasteiger partial charge in [-0.15, -0.1) is 0 Å². The Labute approximate surface area is 114 Å². The maximum Gasteiger partial charge on any atom is 0.339 e. The summed E-state index contributed by atoms with van der Waals surface area (Å²) in [5, 5.41) is 9.06. The van der Waals surface area contributed by atoms with E-state index in [-0.39, 0.29) is 5.56 Å². The number of hydrogen-bond acceptors (Lipinski definition) is 3. The average Bonchev–Trinajstić information content (AvgIpc) is 2.39. The molecule has 1 atom stereocenters. The zero-order chi connectivity index (χ0) is 13.7. The van der Waals surface area contributed by atoms with Gasteiger partial charge in [0.25, 0.3) is 0 Å². The topological polar surface area (TPSA) is 49.8 Å². The molecule has 1 unspecified atom stereocenters. The Hall–Kier alpha value is -1.55. The van der Waals surface area contributed by atoms with E-state index in [1.54, 1.807) is 24.3 Å². The second-order valence-electron chi connectivity index (χ2n) is 5.20. The molecule has 0 saturated carbocycles. The van der Waals surface area contributed by atoms with Gasteiger partial charge in [-0.05, 0) is 37.4 Å². The first-order chi connectivity index (χ1) is 9.16. The van der Waals surface area contributed by atoms with Gasteiger partial charge >= 0.3 is 5.97 Å². The molecule has 1 aliphatic heterocycles. The highest BCUT2D eigenvalue weighted by molar-refractivity contribution is 5.90. The third kappa shape index (κ3) is 3.96. The number of carbonyl (C=O) groups is 1. The Kier molecular flexibility index (Phi) is 4.80. The molecule has 0 aliphatic carbocycles. The Morgan fingerprint density at radius 3 is 3.00 bits per heavy atom. The van der Waals surface area contributed by atoms with Gasteiger partial charge in [-0.2, -0.15) is 0 Å². The molecule has 19 heavy (non-hydrogen) atoms. The van der Waals surface area contributed by atoms with Crippen LogP contribution < -0.4 is 4.74 Å². The summed E-state index contributed by atoms with van der Waals surface area (Å²) in [4.78, 5) is 13.4. The molecule has 0 spiro atoms. The van der Waals surface area contributed by atoms with Crippen LogP contribution in [0.15, 0.2) is 24.3 Å². The van der Waals surface area contributed by atoms with Crippen LogP contribution in [0.25, 0.3) is 0 Å². The van der Waals surface area contributed by atoms with E-state index in [0.29, 0.717) is 12.4 Å². The van der Waals surface area contributed by atoms with E-state index in [1.165, 1.54) is 12.8 Å². The van der Waals surface area contributed by atoms with Crippen LogP contribution >= 0.6 is 0 Å². The van der Waals surface area contributed by atoms with Crippen LogP contribution in [0.4, 0.5) is 0 Å². The van der Waals surface area contributed by atoms with Crippen LogP contribution in [-0.4, -0.2) is 42.2 Å². The van der Waals surface area contributed by atoms with Gasteiger partial charge in [0.2, 0.25) is 0 Å². The van der Waals surface area contributed by atoms with E-state index in [0.717, 1.165) is 25.6 Å². The smallest absolute Gasteiger partial charge is 0.339 e. The molecule has 0 aromatic heterocycles. The normalized spacial score (nSPS) is 20.2. The van der Waals surface area contributed by atoms with Gasteiger partial charge in [0, 0.05) is 13.1 Å². The van der Waals surface area contributed by atoms with Gasteiger partial charge in [0.1, 0.15) is 17.9 Å². The number of aromatic carboxylic acids is 1. The quantitative estimate of drug-likeness (QED) is 0.886. The summed E-state index contributed by atoms with van der Waals surface area (Å²) in [7, 11) is 0. The first kappa shape index (κ1) is 13.9. The van der Waals surface area contributed by atoms with Crippen LogP contribution in [0, 0.1) is 5.92 Å². The van der Waals surface area contributed by atoms with Crippen molar-refractivity contribution < 1.29 is 14.6 Å². The zero-order valence-electron chi connectivity index (χ0n) is 11.3. The van der Waals surface area contributed by atoms with E-state index >= 15 is 0 Å². The highest BCUT2D eigenvalue weighted by atomic mass is 16.5. The minimum absolute atomic E-state index is 0.231. The molecule has 104 valence electrons. The summed E-state index contributed by atoms with van der Waals surface area (Å²) in [6, 6.07) is 6.79. The van der Waals surface area contributed by atoms with Crippen molar-refractivity contribution in [2.75, 3.05) is 26.2 Å². The molecule has 1 saturated heterocycles. The number of likely N-dealkylation sites (tertiary alicyclic amines) is 1. The maximum atomic E-state index is 11.0. The van der Waals surface area contributed by atoms with Crippen molar-refractivity contribution in [2.45, 2.75) is 19.8 Å². The van der Waals surface area contributed by atoms with Crippen LogP contribution in [0.5, 0.6) is 5.75 Å². The molecule has 4 nitrogen and oxygen atoms in total. The monoisotopic (exact) mass is 263 g/mol. The van der Waals surface area contributed by atoms with E-state index in [2.05, 4.69) is 11.8 Å². The third-order valence-corrected chi connectivity index (χ3v) is 3.52. The fourth-order valence-electron chi connectivity index (χ4n) is 2.54. The summed E-state index contributed by atoms with van der Waals surface area (Å²) >= 11 is 0. The second-order valence-corrected chi connectivity index (χ2v) is 5.20. The van der Waals surface area contributed by atoms with Crippen molar-refractivity contribution in [3.05, 3.63) is 29.8 Å². The predicted octanol–water partition coefficient (Wildman–Crippen LogP) is 2.50. The fourth-order valence-corrected chi connectivity index (χ4v) is 2.54. The summed E-state index contributed by atoms with van der Waals surface area (Å²) in [6.45, 7) is 5.90. The van der Waals surface area contributed by atoms with Crippen molar-refractivity contribution in [1.29, 1.82) is 0 Å². The predicted molar refractivity (Wildman–Crippen MR) is 73.7 cm³/mol. The van der Waals surface area contributed by atoms with Gasteiger partial charge in [-0.25, -0.2) is 4.79 Å². The number of hydrogen-bond donors (Lipinski definition) is 1. The van der Waals surface area contributed by atoms with Gasteiger partial charge in [-0.3, -0.25) is 4.90 Å². The Balaban J connectivity index is 1.84. The summed E-state index contributed by atoms with van der Waals surface area (Å²) < 4.78 is 5.61. The molecule has 1 N–H and O–H groups in total. The van der Waals surface area contributed by atoms with E-state index in [4.69, 9.17) is 9.84 Å². The largest absolute Gasteiger partial charge is 0.491 e. The molecule has 0 bridgehead atoms. The van der Waals surface area contributed by atoms with Gasteiger partial charge < -0.3 is 9.84 Å². The summed E-state index contributed by atoms with van der Waals surface area (Å²) in [5.74, 6) is 0.266. The molecule has 1 fully saturated rings. The molecule has 0 radical (unpaired) electrons. The Morgan fingerprint density at radius 2 is 2.26 bits per heavy atom. The molecule has 0 amide bonds. The lowest BCUT2D eigenvalue weighted by Crippen LogP contribution is -2.37. The minimum Gasteiger partial charge on any atom is -0.491 e. The lowest BCUT2D eigenvalue weighted by Gasteiger charge is -2.30. The molecule has 1 aromatic rings.